The van der Waals surface area contributed by atoms with E-state index < -0.39 is 5.97 Å². The van der Waals surface area contributed by atoms with Gasteiger partial charge < -0.3 is 14.3 Å². The maximum absolute atomic E-state index is 10.7. The summed E-state index contributed by atoms with van der Waals surface area (Å²) in [7, 11) is 0. The molecule has 0 radical (unpaired) electrons. The molecule has 5 heteroatoms. The molecule has 1 aliphatic rings. The standard InChI is InChI=1S/C8H9NO4/c10-8(11)6-7(13-4-9-6)5-2-1-3-12-5/h4-5H,1-3H2,(H,10,11)/t5-/m1/s1. The number of aromatic carboxylic acids is 1. The van der Waals surface area contributed by atoms with Crippen molar-refractivity contribution in [3.63, 3.8) is 0 Å². The fourth-order valence-electron chi connectivity index (χ4n) is 1.43. The molecule has 0 unspecified atom stereocenters. The highest BCUT2D eigenvalue weighted by molar-refractivity contribution is 5.86. The Labute approximate surface area is 74.3 Å². The summed E-state index contributed by atoms with van der Waals surface area (Å²) in [6.07, 6.45) is 2.65. The van der Waals surface area contributed by atoms with Crippen LogP contribution in [0.15, 0.2) is 10.8 Å². The molecule has 0 saturated carbocycles. The average molecular weight is 183 g/mol. The van der Waals surface area contributed by atoms with Gasteiger partial charge in [0.1, 0.15) is 6.10 Å². The second kappa shape index (κ2) is 3.18. The molecule has 5 nitrogen and oxygen atoms in total. The molecule has 0 spiro atoms. The van der Waals surface area contributed by atoms with Gasteiger partial charge >= 0.3 is 5.97 Å². The van der Waals surface area contributed by atoms with E-state index in [0.717, 1.165) is 19.2 Å². The Hall–Kier alpha value is -1.36. The van der Waals surface area contributed by atoms with Crippen LogP contribution in [0.5, 0.6) is 0 Å². The number of aromatic nitrogens is 1. The van der Waals surface area contributed by atoms with E-state index >= 15 is 0 Å². The van der Waals surface area contributed by atoms with Crippen LogP contribution in [0.2, 0.25) is 0 Å². The van der Waals surface area contributed by atoms with Crippen LogP contribution in [0.3, 0.4) is 0 Å². The summed E-state index contributed by atoms with van der Waals surface area (Å²) < 4.78 is 10.3. The van der Waals surface area contributed by atoms with Gasteiger partial charge in [-0.05, 0) is 12.8 Å². The first-order valence-corrected chi connectivity index (χ1v) is 4.07. The van der Waals surface area contributed by atoms with E-state index in [1.165, 1.54) is 0 Å². The van der Waals surface area contributed by atoms with Crippen LogP contribution >= 0.6 is 0 Å². The third-order valence-corrected chi connectivity index (χ3v) is 2.02. The zero-order valence-electron chi connectivity index (χ0n) is 6.90. The third kappa shape index (κ3) is 1.42. The van der Waals surface area contributed by atoms with E-state index in [9.17, 15) is 4.79 Å². The lowest BCUT2D eigenvalue weighted by atomic mass is 10.1. The first kappa shape index (κ1) is 8.25. The van der Waals surface area contributed by atoms with E-state index in [-0.39, 0.29) is 11.8 Å². The number of carboxylic acid groups (broad SMARTS) is 1. The summed E-state index contributed by atoms with van der Waals surface area (Å²) in [5.74, 6) is -0.732. The molecule has 1 fully saturated rings. The van der Waals surface area contributed by atoms with Crippen LogP contribution in [0.1, 0.15) is 35.2 Å². The average Bonchev–Trinajstić information content (AvgIpc) is 2.74. The molecule has 1 aromatic heterocycles. The zero-order chi connectivity index (χ0) is 9.26. The van der Waals surface area contributed by atoms with Crippen molar-refractivity contribution in [1.82, 2.24) is 4.98 Å². The molecule has 70 valence electrons. The molecule has 0 bridgehead atoms. The minimum atomic E-state index is -1.07. The predicted molar refractivity (Wildman–Crippen MR) is 41.4 cm³/mol. The van der Waals surface area contributed by atoms with Crippen molar-refractivity contribution in [2.75, 3.05) is 6.61 Å². The topological polar surface area (TPSA) is 72.6 Å². The van der Waals surface area contributed by atoms with Crippen LogP contribution in [-0.2, 0) is 4.74 Å². The zero-order valence-corrected chi connectivity index (χ0v) is 6.90. The summed E-state index contributed by atoms with van der Waals surface area (Å²) in [5, 5.41) is 8.74. The number of oxazole rings is 1. The summed E-state index contributed by atoms with van der Waals surface area (Å²) in [4.78, 5) is 14.3. The second-order valence-corrected chi connectivity index (χ2v) is 2.87. The largest absolute Gasteiger partial charge is 0.476 e. The molecule has 2 heterocycles. The van der Waals surface area contributed by atoms with Gasteiger partial charge in [0.2, 0.25) is 0 Å². The molecular formula is C8H9NO4. The highest BCUT2D eigenvalue weighted by Crippen LogP contribution is 2.30. The summed E-state index contributed by atoms with van der Waals surface area (Å²) in [5.41, 5.74) is -0.0353. The second-order valence-electron chi connectivity index (χ2n) is 2.87. The smallest absolute Gasteiger partial charge is 0.358 e. The van der Waals surface area contributed by atoms with E-state index in [4.69, 9.17) is 14.3 Å². The van der Waals surface area contributed by atoms with Crippen molar-refractivity contribution in [2.24, 2.45) is 0 Å². The number of carboxylic acids is 1. The Morgan fingerprint density at radius 3 is 3.15 bits per heavy atom. The van der Waals surface area contributed by atoms with Gasteiger partial charge in [0.25, 0.3) is 0 Å². The number of hydrogen-bond acceptors (Lipinski definition) is 4. The van der Waals surface area contributed by atoms with Crippen LogP contribution < -0.4 is 0 Å². The Kier molecular flexibility index (Phi) is 2.02. The molecule has 1 N–H and O–H groups in total. The highest BCUT2D eigenvalue weighted by atomic mass is 16.5. The Morgan fingerprint density at radius 2 is 2.54 bits per heavy atom. The lowest BCUT2D eigenvalue weighted by molar-refractivity contribution is 0.0660. The molecule has 0 aromatic carbocycles. The van der Waals surface area contributed by atoms with E-state index in [1.54, 1.807) is 0 Å². The molecule has 1 saturated heterocycles. The quantitative estimate of drug-likeness (QED) is 0.746. The van der Waals surface area contributed by atoms with Crippen molar-refractivity contribution in [3.05, 3.63) is 17.8 Å². The number of ether oxygens (including phenoxy) is 1. The Balaban J connectivity index is 2.28. The number of rotatable bonds is 2. The van der Waals surface area contributed by atoms with Gasteiger partial charge in [-0.25, -0.2) is 9.78 Å². The first-order valence-electron chi connectivity index (χ1n) is 4.07. The molecule has 1 aromatic rings. The lowest BCUT2D eigenvalue weighted by Crippen LogP contribution is -2.05. The van der Waals surface area contributed by atoms with Crippen molar-refractivity contribution < 1.29 is 19.1 Å². The van der Waals surface area contributed by atoms with Crippen molar-refractivity contribution in [1.29, 1.82) is 0 Å². The van der Waals surface area contributed by atoms with Gasteiger partial charge in [-0.2, -0.15) is 0 Å². The summed E-state index contributed by atoms with van der Waals surface area (Å²) in [6.45, 7) is 0.657. The normalized spacial score (nSPS) is 22.0. The predicted octanol–water partition coefficient (Wildman–Crippen LogP) is 1.22. The molecule has 1 aliphatic heterocycles. The van der Waals surface area contributed by atoms with E-state index in [2.05, 4.69) is 4.98 Å². The van der Waals surface area contributed by atoms with Gasteiger partial charge in [-0.15, -0.1) is 0 Å². The van der Waals surface area contributed by atoms with Gasteiger partial charge in [-0.3, -0.25) is 0 Å². The number of hydrogen-bond donors (Lipinski definition) is 1. The SMILES string of the molecule is O=C(O)c1ncoc1[C@H]1CCCO1. The van der Waals surface area contributed by atoms with Crippen molar-refractivity contribution >= 4 is 5.97 Å². The molecular weight excluding hydrogens is 174 g/mol. The van der Waals surface area contributed by atoms with E-state index in [0.29, 0.717) is 12.4 Å². The summed E-state index contributed by atoms with van der Waals surface area (Å²) >= 11 is 0. The van der Waals surface area contributed by atoms with Gasteiger partial charge in [0.05, 0.1) is 0 Å². The van der Waals surface area contributed by atoms with E-state index in [1.807, 2.05) is 0 Å². The fraction of sp³-hybridized carbons (Fsp3) is 0.500. The molecule has 2 rings (SSSR count). The maximum Gasteiger partial charge on any atom is 0.358 e. The van der Waals surface area contributed by atoms with Crippen LogP contribution in [0.4, 0.5) is 0 Å². The number of nitrogens with zero attached hydrogens (tertiary/aromatic N) is 1. The van der Waals surface area contributed by atoms with Gasteiger partial charge in [-0.1, -0.05) is 0 Å². The monoisotopic (exact) mass is 183 g/mol. The first-order chi connectivity index (χ1) is 6.29. The lowest BCUT2D eigenvalue weighted by Gasteiger charge is -2.04. The maximum atomic E-state index is 10.7. The third-order valence-electron chi connectivity index (χ3n) is 2.02. The minimum Gasteiger partial charge on any atom is -0.476 e. The van der Waals surface area contributed by atoms with Crippen molar-refractivity contribution in [3.8, 4) is 0 Å². The summed E-state index contributed by atoms with van der Waals surface area (Å²) in [6, 6.07) is 0. The van der Waals surface area contributed by atoms with Crippen molar-refractivity contribution in [2.45, 2.75) is 18.9 Å². The Bertz CT molecular complexity index is 314. The van der Waals surface area contributed by atoms with Gasteiger partial charge in [0.15, 0.2) is 17.8 Å². The van der Waals surface area contributed by atoms with Gasteiger partial charge in [0, 0.05) is 6.61 Å². The molecule has 0 aliphatic carbocycles. The highest BCUT2D eigenvalue weighted by Gasteiger charge is 2.27. The molecule has 1 atom stereocenters. The minimum absolute atomic E-state index is 0.0353. The fourth-order valence-corrected chi connectivity index (χ4v) is 1.43. The molecule has 0 amide bonds. The Morgan fingerprint density at radius 1 is 1.69 bits per heavy atom. The molecule has 13 heavy (non-hydrogen) atoms. The van der Waals surface area contributed by atoms with Crippen LogP contribution in [0.25, 0.3) is 0 Å². The number of carbonyl (C=O) groups is 1. The van der Waals surface area contributed by atoms with Crippen LogP contribution in [0, 0.1) is 0 Å². The van der Waals surface area contributed by atoms with Crippen LogP contribution in [-0.4, -0.2) is 22.7 Å².